The summed E-state index contributed by atoms with van der Waals surface area (Å²) in [6, 6.07) is 18.7. The van der Waals surface area contributed by atoms with Crippen LogP contribution in [0.1, 0.15) is 45.6 Å². The van der Waals surface area contributed by atoms with Crippen LogP contribution < -0.4 is 15.5 Å². The van der Waals surface area contributed by atoms with Gasteiger partial charge in [0.05, 0.1) is 18.2 Å². The molecular formula is C34H37N5O5. The van der Waals surface area contributed by atoms with E-state index in [-0.39, 0.29) is 24.8 Å². The van der Waals surface area contributed by atoms with Crippen LogP contribution in [-0.2, 0) is 20.7 Å². The zero-order valence-electron chi connectivity index (χ0n) is 25.1. The molecule has 3 N–H and O–H groups in total. The fourth-order valence-electron chi connectivity index (χ4n) is 6.32. The lowest BCUT2D eigenvalue weighted by Crippen LogP contribution is -2.66. The Bertz CT molecular complexity index is 1740. The van der Waals surface area contributed by atoms with Crippen LogP contribution in [0.3, 0.4) is 0 Å². The number of carbonyl (C=O) groups is 4. The van der Waals surface area contributed by atoms with Crippen molar-refractivity contribution in [3.8, 4) is 0 Å². The van der Waals surface area contributed by atoms with Crippen LogP contribution in [0.2, 0.25) is 0 Å². The molecule has 0 aliphatic carbocycles. The number of anilines is 1. The molecule has 228 valence electrons. The summed E-state index contributed by atoms with van der Waals surface area (Å²) in [6.45, 7) is 5.77. The van der Waals surface area contributed by atoms with Crippen LogP contribution in [0.4, 0.5) is 15.3 Å². The van der Waals surface area contributed by atoms with E-state index in [9.17, 15) is 19.2 Å². The van der Waals surface area contributed by atoms with Crippen molar-refractivity contribution in [2.24, 2.45) is 0 Å². The number of rotatable bonds is 6. The Labute approximate surface area is 255 Å². The van der Waals surface area contributed by atoms with Crippen LogP contribution in [0.5, 0.6) is 0 Å². The molecule has 10 nitrogen and oxygen atoms in total. The minimum atomic E-state index is -0.943. The number of nitrogens with one attached hydrogen (secondary N) is 3. The van der Waals surface area contributed by atoms with Gasteiger partial charge in [0.2, 0.25) is 11.8 Å². The average Bonchev–Trinajstić information content (AvgIpc) is 3.39. The number of benzene rings is 3. The molecule has 0 saturated carbocycles. The maximum Gasteiger partial charge on any atom is 0.408 e. The number of H-pyrrole nitrogens is 1. The summed E-state index contributed by atoms with van der Waals surface area (Å²) in [7, 11) is 0. The smallest absolute Gasteiger partial charge is 0.408 e. The largest absolute Gasteiger partial charge is 0.444 e. The first-order valence-corrected chi connectivity index (χ1v) is 15.1. The number of hydrogen-bond acceptors (Lipinski definition) is 5. The molecule has 3 atom stereocenters. The highest BCUT2D eigenvalue weighted by Crippen LogP contribution is 2.34. The molecule has 10 heteroatoms. The molecule has 0 radical (unpaired) electrons. The van der Waals surface area contributed by atoms with Crippen LogP contribution in [0, 0.1) is 0 Å². The molecule has 0 bridgehead atoms. The number of alkyl carbamates (subject to hydrolysis) is 1. The lowest BCUT2D eigenvalue weighted by atomic mass is 9.90. The standard InChI is InChI=1S/C34H37N5O5/c1-34(2,3)44-32(42)37-27(18-22-20-35-25-14-7-6-12-23(22)25)31(41)36-26-15-9-17-38-29(26)19-30(40)39(33(38)43)28-16-8-11-21-10-4-5-13-24(21)28/h4-8,10-14,16,20,26-27,29,35H,9,15,17-19H2,1-3H3,(H,36,41)(H,37,42)/t26-,27-,29+/m1/s1. The number of para-hydroxylation sites is 1. The Morgan fingerprint density at radius 1 is 1.00 bits per heavy atom. The molecule has 4 aromatic rings. The molecule has 3 aromatic carbocycles. The fraction of sp³-hybridized carbons (Fsp3) is 0.353. The topological polar surface area (TPSA) is 124 Å². The molecule has 2 saturated heterocycles. The minimum Gasteiger partial charge on any atom is -0.444 e. The summed E-state index contributed by atoms with van der Waals surface area (Å²) in [5, 5.41) is 8.57. The first-order chi connectivity index (χ1) is 21.1. The van der Waals surface area contributed by atoms with Crippen molar-refractivity contribution in [1.29, 1.82) is 0 Å². The highest BCUT2D eigenvalue weighted by molar-refractivity contribution is 6.20. The number of fused-ring (bicyclic) bond motifs is 3. The lowest BCUT2D eigenvalue weighted by Gasteiger charge is -2.47. The van der Waals surface area contributed by atoms with Crippen LogP contribution in [-0.4, -0.2) is 64.1 Å². The predicted octanol–water partition coefficient (Wildman–Crippen LogP) is 5.26. The summed E-state index contributed by atoms with van der Waals surface area (Å²) in [5.41, 5.74) is 1.62. The molecule has 3 heterocycles. The Balaban J connectivity index is 1.22. The fourth-order valence-corrected chi connectivity index (χ4v) is 6.32. The summed E-state index contributed by atoms with van der Waals surface area (Å²) in [6.07, 6.45) is 2.71. The van der Waals surface area contributed by atoms with E-state index in [4.69, 9.17) is 4.74 Å². The number of hydrogen-bond donors (Lipinski definition) is 3. The number of carbonyl (C=O) groups excluding carboxylic acids is 4. The number of nitrogens with zero attached hydrogens (tertiary/aromatic N) is 2. The molecule has 44 heavy (non-hydrogen) atoms. The predicted molar refractivity (Wildman–Crippen MR) is 168 cm³/mol. The molecule has 6 rings (SSSR count). The Hall–Kier alpha value is -4.86. The van der Waals surface area contributed by atoms with Gasteiger partial charge in [0, 0.05) is 41.5 Å². The summed E-state index contributed by atoms with van der Waals surface area (Å²) in [4.78, 5) is 60.3. The number of amides is 5. The van der Waals surface area contributed by atoms with Crippen molar-refractivity contribution in [1.82, 2.24) is 20.5 Å². The maximum atomic E-state index is 13.9. The van der Waals surface area contributed by atoms with Gasteiger partial charge in [-0.05, 0) is 56.7 Å². The van der Waals surface area contributed by atoms with Gasteiger partial charge in [-0.15, -0.1) is 0 Å². The number of imide groups is 1. The minimum absolute atomic E-state index is 0.0759. The third-order valence-corrected chi connectivity index (χ3v) is 8.29. The van der Waals surface area contributed by atoms with Gasteiger partial charge in [-0.1, -0.05) is 54.6 Å². The second-order valence-electron chi connectivity index (χ2n) is 12.5. The van der Waals surface area contributed by atoms with E-state index in [1.165, 1.54) is 4.90 Å². The number of ether oxygens (including phenoxy) is 1. The summed E-state index contributed by atoms with van der Waals surface area (Å²) >= 11 is 0. The van der Waals surface area contributed by atoms with Crippen molar-refractivity contribution in [2.75, 3.05) is 11.4 Å². The first-order valence-electron chi connectivity index (χ1n) is 15.1. The number of aromatic nitrogens is 1. The quantitative estimate of drug-likeness (QED) is 0.281. The van der Waals surface area contributed by atoms with Crippen molar-refractivity contribution < 1.29 is 23.9 Å². The second kappa shape index (κ2) is 11.7. The van der Waals surface area contributed by atoms with Gasteiger partial charge in [0.25, 0.3) is 0 Å². The molecule has 0 unspecified atom stereocenters. The number of urea groups is 1. The van der Waals surface area contributed by atoms with Gasteiger partial charge in [0.15, 0.2) is 0 Å². The van der Waals surface area contributed by atoms with E-state index in [1.54, 1.807) is 31.7 Å². The second-order valence-corrected chi connectivity index (χ2v) is 12.5. The number of piperidine rings is 1. The van der Waals surface area contributed by atoms with Gasteiger partial charge < -0.3 is 25.3 Å². The van der Waals surface area contributed by atoms with E-state index in [0.717, 1.165) is 27.2 Å². The molecule has 2 aliphatic heterocycles. The third-order valence-electron chi connectivity index (χ3n) is 8.29. The van der Waals surface area contributed by atoms with Crippen LogP contribution in [0.25, 0.3) is 21.7 Å². The van der Waals surface area contributed by atoms with E-state index in [2.05, 4.69) is 15.6 Å². The van der Waals surface area contributed by atoms with Gasteiger partial charge >= 0.3 is 12.1 Å². The monoisotopic (exact) mass is 595 g/mol. The van der Waals surface area contributed by atoms with Crippen LogP contribution in [0.15, 0.2) is 72.9 Å². The molecule has 0 spiro atoms. The Kier molecular flexibility index (Phi) is 7.75. The summed E-state index contributed by atoms with van der Waals surface area (Å²) in [5.74, 6) is -0.708. The highest BCUT2D eigenvalue weighted by atomic mass is 16.6. The average molecular weight is 596 g/mol. The normalized spacial score (nSPS) is 19.5. The zero-order chi connectivity index (χ0) is 31.0. The van der Waals surface area contributed by atoms with Crippen LogP contribution >= 0.6 is 0 Å². The summed E-state index contributed by atoms with van der Waals surface area (Å²) < 4.78 is 5.47. The molecule has 2 aliphatic rings. The van der Waals surface area contributed by atoms with Gasteiger partial charge in [-0.25, -0.2) is 14.5 Å². The highest BCUT2D eigenvalue weighted by Gasteiger charge is 2.45. The SMILES string of the molecule is CC(C)(C)OC(=O)N[C@H](Cc1c[nH]c2ccccc12)C(=O)N[C@@H]1CCCN2C(=O)N(c3cccc4ccccc34)C(=O)C[C@@H]12. The molecule has 5 amide bonds. The van der Waals surface area contributed by atoms with Crippen molar-refractivity contribution >= 4 is 51.3 Å². The number of aromatic amines is 1. The Morgan fingerprint density at radius 2 is 1.73 bits per heavy atom. The van der Waals surface area contributed by atoms with Gasteiger partial charge in [-0.2, -0.15) is 0 Å². The lowest BCUT2D eigenvalue weighted by molar-refractivity contribution is -0.126. The van der Waals surface area contributed by atoms with Crippen molar-refractivity contribution in [2.45, 2.75) is 70.2 Å². The molecule has 2 fully saturated rings. The zero-order valence-corrected chi connectivity index (χ0v) is 25.1. The van der Waals surface area contributed by atoms with Gasteiger partial charge in [-0.3, -0.25) is 9.59 Å². The molecule has 1 aromatic heterocycles. The van der Waals surface area contributed by atoms with Gasteiger partial charge in [0.1, 0.15) is 11.6 Å². The third kappa shape index (κ3) is 5.84. The van der Waals surface area contributed by atoms with E-state index in [1.807, 2.05) is 66.9 Å². The van der Waals surface area contributed by atoms with Crippen molar-refractivity contribution in [3.63, 3.8) is 0 Å². The Morgan fingerprint density at radius 3 is 2.52 bits per heavy atom. The van der Waals surface area contributed by atoms with E-state index < -0.39 is 35.7 Å². The van der Waals surface area contributed by atoms with E-state index in [0.29, 0.717) is 25.1 Å². The van der Waals surface area contributed by atoms with E-state index >= 15 is 0 Å². The maximum absolute atomic E-state index is 13.9. The molecular weight excluding hydrogens is 558 g/mol. The van der Waals surface area contributed by atoms with Crippen molar-refractivity contribution in [3.05, 3.63) is 78.5 Å². The first kappa shape index (κ1) is 29.2.